The molecule has 1 aliphatic heterocycles. The molecule has 0 unspecified atom stereocenters. The van der Waals surface area contributed by atoms with E-state index >= 15 is 0 Å². The van der Waals surface area contributed by atoms with Crippen molar-refractivity contribution < 1.29 is 13.2 Å². The van der Waals surface area contributed by atoms with E-state index in [1.165, 1.54) is 6.20 Å². The molecule has 0 bridgehead atoms. The van der Waals surface area contributed by atoms with Gasteiger partial charge >= 0.3 is 6.18 Å². The summed E-state index contributed by atoms with van der Waals surface area (Å²) in [4.78, 5) is 15.0. The highest BCUT2D eigenvalue weighted by Gasteiger charge is 2.35. The summed E-state index contributed by atoms with van der Waals surface area (Å²) in [5.74, 6) is -1.06. The maximum Gasteiger partial charge on any atom is 0.451 e. The molecule has 0 radical (unpaired) electrons. The Balaban J connectivity index is 1.52. The van der Waals surface area contributed by atoms with Crippen LogP contribution in [0.5, 0.6) is 0 Å². The van der Waals surface area contributed by atoms with E-state index in [2.05, 4.69) is 19.9 Å². The van der Waals surface area contributed by atoms with Gasteiger partial charge in [-0.05, 0) is 0 Å². The first kappa shape index (κ1) is 17.1. The van der Waals surface area contributed by atoms with Gasteiger partial charge in [-0.25, -0.2) is 15.0 Å². The van der Waals surface area contributed by atoms with Crippen LogP contribution in [-0.4, -0.2) is 26.4 Å². The fraction of sp³-hybridized carbons (Fsp3) is 0.278. The summed E-state index contributed by atoms with van der Waals surface area (Å²) < 4.78 is 38.3. The predicted octanol–water partition coefficient (Wildman–Crippen LogP) is 4.18. The molecule has 0 amide bonds. The molecule has 4 rings (SSSR count). The number of nitrogens with zero attached hydrogens (tertiary/aromatic N) is 4. The van der Waals surface area contributed by atoms with Crippen LogP contribution in [0.2, 0.25) is 0 Å². The number of thiazole rings is 1. The molecule has 0 fully saturated rings. The smallest absolute Gasteiger partial charge is 0.293 e. The van der Waals surface area contributed by atoms with Crippen molar-refractivity contribution in [1.82, 2.24) is 19.9 Å². The highest BCUT2D eigenvalue weighted by atomic mass is 32.1. The lowest BCUT2D eigenvalue weighted by Gasteiger charge is -2.27. The molecule has 26 heavy (non-hydrogen) atoms. The average Bonchev–Trinajstić information content (AvgIpc) is 3.09. The van der Waals surface area contributed by atoms with Crippen molar-refractivity contribution in [3.8, 4) is 11.3 Å². The minimum absolute atomic E-state index is 0.487. The van der Waals surface area contributed by atoms with Gasteiger partial charge in [0.05, 0.1) is 16.9 Å². The number of rotatable bonds is 3. The van der Waals surface area contributed by atoms with Gasteiger partial charge in [0, 0.05) is 48.3 Å². The topological polar surface area (TPSA) is 41.9 Å². The van der Waals surface area contributed by atoms with Crippen molar-refractivity contribution in [2.75, 3.05) is 6.54 Å². The standard InChI is InChI=1S/C18H15F3N4S/c19-18(20,21)17-22-8-13-9-25(7-6-14(13)24-17)10-15-16(23-11-26-15)12-4-2-1-3-5-12/h1-5,8,11H,6-7,9-10H2. The van der Waals surface area contributed by atoms with Crippen molar-refractivity contribution in [2.45, 2.75) is 25.7 Å². The molecule has 3 aromatic rings. The van der Waals surface area contributed by atoms with Crippen LogP contribution in [0.1, 0.15) is 22.0 Å². The molecule has 4 nitrogen and oxygen atoms in total. The number of benzene rings is 1. The Kier molecular flexibility index (Phi) is 4.46. The van der Waals surface area contributed by atoms with E-state index in [1.807, 2.05) is 35.8 Å². The third-order valence-electron chi connectivity index (χ3n) is 4.32. The summed E-state index contributed by atoms with van der Waals surface area (Å²) in [5.41, 5.74) is 5.12. The number of hydrogen-bond acceptors (Lipinski definition) is 5. The first-order valence-corrected chi connectivity index (χ1v) is 9.01. The highest BCUT2D eigenvalue weighted by Crippen LogP contribution is 2.30. The number of fused-ring (bicyclic) bond motifs is 1. The first-order chi connectivity index (χ1) is 12.5. The van der Waals surface area contributed by atoms with Gasteiger partial charge in [0.25, 0.3) is 0 Å². The minimum atomic E-state index is -4.50. The maximum atomic E-state index is 12.8. The lowest BCUT2D eigenvalue weighted by atomic mass is 10.1. The van der Waals surface area contributed by atoms with E-state index < -0.39 is 12.0 Å². The summed E-state index contributed by atoms with van der Waals surface area (Å²) >= 11 is 1.59. The van der Waals surface area contributed by atoms with Crippen LogP contribution in [0.15, 0.2) is 42.0 Å². The molecule has 134 valence electrons. The van der Waals surface area contributed by atoms with Crippen LogP contribution in [0.4, 0.5) is 13.2 Å². The van der Waals surface area contributed by atoms with Gasteiger partial charge in [-0.3, -0.25) is 4.90 Å². The third-order valence-corrected chi connectivity index (χ3v) is 5.14. The second-order valence-electron chi connectivity index (χ2n) is 6.11. The molecule has 3 heterocycles. The van der Waals surface area contributed by atoms with Gasteiger partial charge in [-0.1, -0.05) is 30.3 Å². The Hall–Kier alpha value is -2.32. The van der Waals surface area contributed by atoms with Crippen LogP contribution < -0.4 is 0 Å². The number of halogens is 3. The van der Waals surface area contributed by atoms with Crippen LogP contribution in [0.25, 0.3) is 11.3 Å². The third kappa shape index (κ3) is 3.47. The van der Waals surface area contributed by atoms with Crippen LogP contribution in [0.3, 0.4) is 0 Å². The summed E-state index contributed by atoms with van der Waals surface area (Å²) in [6, 6.07) is 9.97. The lowest BCUT2D eigenvalue weighted by molar-refractivity contribution is -0.145. The molecule has 0 spiro atoms. The lowest BCUT2D eigenvalue weighted by Crippen LogP contribution is -2.31. The zero-order valence-electron chi connectivity index (χ0n) is 13.7. The van der Waals surface area contributed by atoms with E-state index in [4.69, 9.17) is 0 Å². The Labute approximate surface area is 152 Å². The van der Waals surface area contributed by atoms with E-state index in [-0.39, 0.29) is 0 Å². The average molecular weight is 376 g/mol. The molecular formula is C18H15F3N4S. The molecule has 0 N–H and O–H groups in total. The fourth-order valence-electron chi connectivity index (χ4n) is 3.06. The molecule has 1 aliphatic rings. The Bertz CT molecular complexity index is 908. The second-order valence-corrected chi connectivity index (χ2v) is 7.05. The van der Waals surface area contributed by atoms with Crippen LogP contribution >= 0.6 is 11.3 Å². The maximum absolute atomic E-state index is 12.8. The number of hydrogen-bond donors (Lipinski definition) is 0. The first-order valence-electron chi connectivity index (χ1n) is 8.13. The molecule has 0 aliphatic carbocycles. The molecule has 8 heteroatoms. The summed E-state index contributed by atoms with van der Waals surface area (Å²) in [6.45, 7) is 1.91. The van der Waals surface area contributed by atoms with Gasteiger partial charge in [0.15, 0.2) is 0 Å². The summed E-state index contributed by atoms with van der Waals surface area (Å²) in [7, 11) is 0. The summed E-state index contributed by atoms with van der Waals surface area (Å²) in [6.07, 6.45) is -2.71. The molecule has 0 saturated heterocycles. The van der Waals surface area contributed by atoms with Crippen molar-refractivity contribution in [3.05, 3.63) is 64.0 Å². The van der Waals surface area contributed by atoms with Gasteiger partial charge in [-0.15, -0.1) is 11.3 Å². The van der Waals surface area contributed by atoms with Crippen molar-refractivity contribution in [1.29, 1.82) is 0 Å². The predicted molar refractivity (Wildman–Crippen MR) is 92.4 cm³/mol. The zero-order chi connectivity index (χ0) is 18.1. The zero-order valence-corrected chi connectivity index (χ0v) is 14.5. The van der Waals surface area contributed by atoms with Crippen molar-refractivity contribution >= 4 is 11.3 Å². The van der Waals surface area contributed by atoms with E-state index in [1.54, 1.807) is 11.3 Å². The van der Waals surface area contributed by atoms with E-state index in [0.29, 0.717) is 31.7 Å². The largest absolute Gasteiger partial charge is 0.451 e. The van der Waals surface area contributed by atoms with Crippen molar-refractivity contribution in [3.63, 3.8) is 0 Å². The van der Waals surface area contributed by atoms with Gasteiger partial charge < -0.3 is 0 Å². The molecule has 0 saturated carbocycles. The Morgan fingerprint density at radius 1 is 1.12 bits per heavy atom. The van der Waals surface area contributed by atoms with Gasteiger partial charge in [-0.2, -0.15) is 13.2 Å². The minimum Gasteiger partial charge on any atom is -0.293 e. The Morgan fingerprint density at radius 3 is 2.69 bits per heavy atom. The quantitative estimate of drug-likeness (QED) is 0.688. The monoisotopic (exact) mass is 376 g/mol. The van der Waals surface area contributed by atoms with Gasteiger partial charge in [0.1, 0.15) is 0 Å². The molecule has 0 atom stereocenters. The van der Waals surface area contributed by atoms with E-state index in [0.717, 1.165) is 21.7 Å². The Morgan fingerprint density at radius 2 is 1.92 bits per heavy atom. The van der Waals surface area contributed by atoms with Crippen molar-refractivity contribution in [2.24, 2.45) is 0 Å². The number of alkyl halides is 3. The molecular weight excluding hydrogens is 361 g/mol. The van der Waals surface area contributed by atoms with Gasteiger partial charge in [0.2, 0.25) is 5.82 Å². The van der Waals surface area contributed by atoms with E-state index in [9.17, 15) is 13.2 Å². The van der Waals surface area contributed by atoms with Crippen LogP contribution in [-0.2, 0) is 25.7 Å². The second kappa shape index (κ2) is 6.77. The SMILES string of the molecule is FC(F)(F)c1ncc2c(n1)CCN(Cc1scnc1-c1ccccc1)C2. The fourth-order valence-corrected chi connectivity index (χ4v) is 3.89. The molecule has 2 aromatic heterocycles. The summed E-state index contributed by atoms with van der Waals surface area (Å²) in [5, 5.41) is 0. The van der Waals surface area contributed by atoms with Crippen LogP contribution in [0, 0.1) is 0 Å². The highest BCUT2D eigenvalue weighted by molar-refractivity contribution is 7.10. The number of aromatic nitrogens is 3. The normalized spacial score (nSPS) is 15.0. The molecule has 1 aromatic carbocycles.